The molecule has 28 heavy (non-hydrogen) atoms. The van der Waals surface area contributed by atoms with Crippen molar-refractivity contribution in [2.24, 2.45) is 11.8 Å². The molecule has 1 aliphatic heterocycles. The molecule has 0 aromatic carbocycles. The number of esters is 1. The van der Waals surface area contributed by atoms with Crippen LogP contribution in [0, 0.1) is 24.2 Å². The first-order valence-electron chi connectivity index (χ1n) is 10.5. The zero-order valence-electron chi connectivity index (χ0n) is 17.9. The molecule has 0 bridgehead atoms. The lowest BCUT2D eigenvalue weighted by atomic mass is 9.82. The summed E-state index contributed by atoms with van der Waals surface area (Å²) in [7, 11) is 0. The first-order chi connectivity index (χ1) is 13.4. The summed E-state index contributed by atoms with van der Waals surface area (Å²) < 4.78 is 17.2. The zero-order chi connectivity index (χ0) is 20.9. The first-order valence-corrected chi connectivity index (χ1v) is 10.5. The molecule has 160 valence electrons. The predicted octanol–water partition coefficient (Wildman–Crippen LogP) is 3.43. The number of carbonyl (C=O) groups excluding carboxylic acids is 2. The Bertz CT molecular complexity index is 514. The average Bonchev–Trinajstić information content (AvgIpc) is 2.64. The lowest BCUT2D eigenvalue weighted by Crippen LogP contribution is -2.58. The van der Waals surface area contributed by atoms with Crippen molar-refractivity contribution in [1.82, 2.24) is 5.32 Å². The van der Waals surface area contributed by atoms with Crippen molar-refractivity contribution in [3.05, 3.63) is 0 Å². The highest BCUT2D eigenvalue weighted by molar-refractivity contribution is 5.73. The van der Waals surface area contributed by atoms with Crippen LogP contribution in [0.3, 0.4) is 0 Å². The third-order valence-electron chi connectivity index (χ3n) is 5.40. The topological polar surface area (TPSA) is 73.9 Å². The number of terminal acetylenes is 1. The van der Waals surface area contributed by atoms with Crippen LogP contribution in [0.15, 0.2) is 0 Å². The Morgan fingerprint density at radius 2 is 1.68 bits per heavy atom. The van der Waals surface area contributed by atoms with Gasteiger partial charge in [-0.15, -0.1) is 12.3 Å². The Morgan fingerprint density at radius 3 is 2.29 bits per heavy atom. The second kappa shape index (κ2) is 13.6. The average molecular weight is 396 g/mol. The van der Waals surface area contributed by atoms with E-state index in [2.05, 4.69) is 18.2 Å². The lowest BCUT2D eigenvalue weighted by molar-refractivity contribution is -0.244. The molecule has 5 unspecified atom stereocenters. The highest BCUT2D eigenvalue weighted by Gasteiger charge is 2.42. The Morgan fingerprint density at radius 1 is 1.04 bits per heavy atom. The lowest BCUT2D eigenvalue weighted by Gasteiger charge is -2.44. The van der Waals surface area contributed by atoms with Gasteiger partial charge in [0.15, 0.2) is 6.29 Å². The van der Waals surface area contributed by atoms with Crippen molar-refractivity contribution >= 4 is 11.9 Å². The van der Waals surface area contributed by atoms with Crippen LogP contribution in [0.25, 0.3) is 0 Å². The largest absolute Gasteiger partial charge is 0.463 e. The molecule has 1 aliphatic rings. The third-order valence-corrected chi connectivity index (χ3v) is 5.40. The molecule has 0 radical (unpaired) electrons. The minimum atomic E-state index is -0.536. The van der Waals surface area contributed by atoms with Crippen molar-refractivity contribution in [1.29, 1.82) is 0 Å². The normalized spacial score (nSPS) is 27.0. The third kappa shape index (κ3) is 9.07. The van der Waals surface area contributed by atoms with E-state index in [0.29, 0.717) is 6.61 Å². The van der Waals surface area contributed by atoms with E-state index >= 15 is 0 Å². The Kier molecular flexibility index (Phi) is 11.9. The van der Waals surface area contributed by atoms with Crippen molar-refractivity contribution < 1.29 is 23.8 Å². The Balaban J connectivity index is 2.47. The van der Waals surface area contributed by atoms with Gasteiger partial charge in [-0.3, -0.25) is 9.59 Å². The SMILES string of the molecule is C#CCCCCCCCCOC1OC(COC(C)=O)C(C)C(C)C1NC(C)=O. The van der Waals surface area contributed by atoms with Crippen LogP contribution in [0.1, 0.15) is 72.6 Å². The van der Waals surface area contributed by atoms with Crippen molar-refractivity contribution in [3.63, 3.8) is 0 Å². The van der Waals surface area contributed by atoms with E-state index < -0.39 is 6.29 Å². The predicted molar refractivity (Wildman–Crippen MR) is 108 cm³/mol. The molecule has 0 aliphatic carbocycles. The van der Waals surface area contributed by atoms with Crippen LogP contribution in [-0.2, 0) is 23.8 Å². The summed E-state index contributed by atoms with van der Waals surface area (Å²) >= 11 is 0. The van der Waals surface area contributed by atoms with E-state index in [1.165, 1.54) is 26.7 Å². The summed E-state index contributed by atoms with van der Waals surface area (Å²) in [5.74, 6) is 2.50. The summed E-state index contributed by atoms with van der Waals surface area (Å²) in [6, 6.07) is -0.218. The van der Waals surface area contributed by atoms with Crippen molar-refractivity contribution in [2.75, 3.05) is 13.2 Å². The quantitative estimate of drug-likeness (QED) is 0.311. The van der Waals surface area contributed by atoms with Crippen LogP contribution in [0.5, 0.6) is 0 Å². The van der Waals surface area contributed by atoms with E-state index in [1.807, 2.05) is 6.92 Å². The molecule has 5 atom stereocenters. The molecule has 1 saturated heterocycles. The molecule has 1 rings (SSSR count). The Hall–Kier alpha value is -1.58. The molecule has 1 N–H and O–H groups in total. The van der Waals surface area contributed by atoms with E-state index in [1.54, 1.807) is 0 Å². The van der Waals surface area contributed by atoms with E-state index in [0.717, 1.165) is 32.1 Å². The van der Waals surface area contributed by atoms with Gasteiger partial charge in [0.1, 0.15) is 6.61 Å². The molecule has 0 saturated carbocycles. The minimum Gasteiger partial charge on any atom is -0.463 e. The fourth-order valence-electron chi connectivity index (χ4n) is 3.50. The summed E-state index contributed by atoms with van der Waals surface area (Å²) in [6.45, 7) is 7.78. The van der Waals surface area contributed by atoms with Gasteiger partial charge >= 0.3 is 5.97 Å². The van der Waals surface area contributed by atoms with E-state index in [-0.39, 0.29) is 42.5 Å². The molecular formula is C22H37NO5. The number of ether oxygens (including phenoxy) is 3. The van der Waals surface area contributed by atoms with Gasteiger partial charge in [-0.1, -0.05) is 39.5 Å². The van der Waals surface area contributed by atoms with Gasteiger partial charge in [0.25, 0.3) is 0 Å². The molecule has 6 nitrogen and oxygen atoms in total. The molecular weight excluding hydrogens is 358 g/mol. The maximum absolute atomic E-state index is 11.6. The van der Waals surface area contributed by atoms with Crippen LogP contribution < -0.4 is 5.32 Å². The standard InChI is InChI=1S/C22H37NO5/c1-6-7-8-9-10-11-12-13-14-26-22-21(23-18(4)24)17(3)16(2)20(28-22)15-27-19(5)25/h1,16-17,20-22H,7-15H2,2-5H3,(H,23,24). The molecule has 6 heteroatoms. The maximum Gasteiger partial charge on any atom is 0.302 e. The number of hydrogen-bond acceptors (Lipinski definition) is 5. The van der Waals surface area contributed by atoms with Crippen molar-refractivity contribution in [2.45, 2.75) is 91.1 Å². The van der Waals surface area contributed by atoms with Gasteiger partial charge in [-0.2, -0.15) is 0 Å². The summed E-state index contributed by atoms with van der Waals surface area (Å²) in [5.41, 5.74) is 0. The van der Waals surface area contributed by atoms with Gasteiger partial charge in [0.2, 0.25) is 5.91 Å². The number of unbranched alkanes of at least 4 members (excludes halogenated alkanes) is 6. The smallest absolute Gasteiger partial charge is 0.302 e. The van der Waals surface area contributed by atoms with Gasteiger partial charge < -0.3 is 19.5 Å². The summed E-state index contributed by atoms with van der Waals surface area (Å²) in [5, 5.41) is 2.97. The zero-order valence-corrected chi connectivity index (χ0v) is 17.9. The summed E-state index contributed by atoms with van der Waals surface area (Å²) in [4.78, 5) is 22.8. The minimum absolute atomic E-state index is 0.105. The van der Waals surface area contributed by atoms with Crippen LogP contribution in [0.2, 0.25) is 0 Å². The molecule has 1 heterocycles. The fraction of sp³-hybridized carbons (Fsp3) is 0.818. The number of rotatable bonds is 12. The highest BCUT2D eigenvalue weighted by atomic mass is 16.7. The second-order valence-corrected chi connectivity index (χ2v) is 7.74. The molecule has 0 aromatic rings. The molecule has 1 fully saturated rings. The Labute approximate surface area is 170 Å². The van der Waals surface area contributed by atoms with Crippen LogP contribution in [0.4, 0.5) is 0 Å². The maximum atomic E-state index is 11.6. The molecule has 1 amide bonds. The second-order valence-electron chi connectivity index (χ2n) is 7.74. The van der Waals surface area contributed by atoms with Gasteiger partial charge in [-0.25, -0.2) is 0 Å². The van der Waals surface area contributed by atoms with Crippen LogP contribution >= 0.6 is 0 Å². The number of hydrogen-bond donors (Lipinski definition) is 1. The number of amides is 1. The molecule has 0 spiro atoms. The van der Waals surface area contributed by atoms with Gasteiger partial charge in [0.05, 0.1) is 12.1 Å². The van der Waals surface area contributed by atoms with E-state index in [9.17, 15) is 9.59 Å². The van der Waals surface area contributed by atoms with E-state index in [4.69, 9.17) is 20.6 Å². The first kappa shape index (κ1) is 24.5. The fourth-order valence-corrected chi connectivity index (χ4v) is 3.50. The summed E-state index contributed by atoms with van der Waals surface area (Å²) in [6.07, 6.45) is 12.0. The number of nitrogens with one attached hydrogen (secondary N) is 1. The van der Waals surface area contributed by atoms with Crippen LogP contribution in [-0.4, -0.2) is 43.5 Å². The van der Waals surface area contributed by atoms with Gasteiger partial charge in [-0.05, 0) is 24.7 Å². The van der Waals surface area contributed by atoms with Gasteiger partial charge in [0, 0.05) is 26.9 Å². The number of carbonyl (C=O) groups is 2. The highest BCUT2D eigenvalue weighted by Crippen LogP contribution is 2.31. The molecule has 0 aromatic heterocycles. The monoisotopic (exact) mass is 395 g/mol. The van der Waals surface area contributed by atoms with Crippen molar-refractivity contribution in [3.8, 4) is 12.3 Å².